The Morgan fingerprint density at radius 3 is 2.64 bits per heavy atom. The first-order chi connectivity index (χ1) is 18.7. The van der Waals surface area contributed by atoms with Crippen molar-refractivity contribution in [3.8, 4) is 23.0 Å². The lowest BCUT2D eigenvalue weighted by atomic mass is 10.1. The van der Waals surface area contributed by atoms with Crippen LogP contribution in [0.5, 0.6) is 5.88 Å². The van der Waals surface area contributed by atoms with Crippen LogP contribution in [-0.4, -0.2) is 46.8 Å². The molecule has 4 heterocycles. The third kappa shape index (κ3) is 4.62. The van der Waals surface area contributed by atoms with Gasteiger partial charge in [0.1, 0.15) is 23.2 Å². The van der Waals surface area contributed by atoms with Gasteiger partial charge in [0.15, 0.2) is 23.0 Å². The third-order valence-corrected chi connectivity index (χ3v) is 6.41. The fourth-order valence-corrected chi connectivity index (χ4v) is 4.35. The van der Waals surface area contributed by atoms with Crippen LogP contribution in [0.2, 0.25) is 0 Å². The van der Waals surface area contributed by atoms with Crippen LogP contribution in [0.15, 0.2) is 36.9 Å². The van der Waals surface area contributed by atoms with Crippen molar-refractivity contribution in [1.82, 2.24) is 39.7 Å². The molecular formula is C25H21F4N9O. The highest BCUT2D eigenvalue weighted by atomic mass is 19.4. The van der Waals surface area contributed by atoms with Crippen LogP contribution in [0.4, 0.5) is 23.4 Å². The molecule has 1 aromatic carbocycles. The summed E-state index contributed by atoms with van der Waals surface area (Å²) in [5.41, 5.74) is 1.92. The molecule has 0 amide bonds. The number of benzene rings is 1. The maximum atomic E-state index is 15.1. The Balaban J connectivity index is 1.31. The largest absolute Gasteiger partial charge is 0.480 e. The number of alkyl halides is 3. The first-order valence-electron chi connectivity index (χ1n) is 12.0. The molecule has 14 heteroatoms. The van der Waals surface area contributed by atoms with E-state index in [0.717, 1.165) is 35.4 Å². The highest BCUT2D eigenvalue weighted by molar-refractivity contribution is 5.85. The number of fused-ring (bicyclic) bond motifs is 1. The number of ether oxygens (including phenoxy) is 1. The monoisotopic (exact) mass is 539 g/mol. The van der Waals surface area contributed by atoms with Crippen molar-refractivity contribution in [2.75, 3.05) is 12.4 Å². The molecule has 6 rings (SSSR count). The van der Waals surface area contributed by atoms with Gasteiger partial charge in [0, 0.05) is 23.7 Å². The van der Waals surface area contributed by atoms with E-state index in [1.807, 2.05) is 0 Å². The molecule has 0 radical (unpaired) electrons. The van der Waals surface area contributed by atoms with Crippen LogP contribution < -0.4 is 10.1 Å². The first kappa shape index (κ1) is 24.7. The topological polar surface area (TPSA) is 119 Å². The summed E-state index contributed by atoms with van der Waals surface area (Å²) in [7, 11) is 1.51. The van der Waals surface area contributed by atoms with E-state index in [4.69, 9.17) is 4.74 Å². The van der Waals surface area contributed by atoms with E-state index in [1.54, 1.807) is 0 Å². The average Bonchev–Trinajstić information content (AvgIpc) is 3.51. The molecular weight excluding hydrogens is 518 g/mol. The van der Waals surface area contributed by atoms with Crippen molar-refractivity contribution in [2.24, 2.45) is 0 Å². The normalized spacial score (nSPS) is 13.7. The second kappa shape index (κ2) is 9.29. The lowest BCUT2D eigenvalue weighted by Crippen LogP contribution is -2.09. The summed E-state index contributed by atoms with van der Waals surface area (Å²) in [5, 5.41) is 6.70. The van der Waals surface area contributed by atoms with Gasteiger partial charge >= 0.3 is 6.18 Å². The van der Waals surface area contributed by atoms with Gasteiger partial charge in [0.2, 0.25) is 5.88 Å². The number of rotatable bonds is 7. The molecule has 0 aliphatic heterocycles. The van der Waals surface area contributed by atoms with Crippen LogP contribution in [0.3, 0.4) is 0 Å². The van der Waals surface area contributed by atoms with Crippen LogP contribution in [0.1, 0.15) is 41.4 Å². The number of methoxy groups -OCH3 is 1. The van der Waals surface area contributed by atoms with Crippen molar-refractivity contribution < 1.29 is 22.3 Å². The molecule has 1 saturated carbocycles. The highest BCUT2D eigenvalue weighted by Crippen LogP contribution is 2.45. The van der Waals surface area contributed by atoms with Crippen molar-refractivity contribution >= 4 is 17.0 Å². The molecule has 0 saturated heterocycles. The predicted molar refractivity (Wildman–Crippen MR) is 132 cm³/mol. The van der Waals surface area contributed by atoms with Crippen molar-refractivity contribution in [1.29, 1.82) is 0 Å². The average molecular weight is 539 g/mol. The Morgan fingerprint density at radius 2 is 1.95 bits per heavy atom. The van der Waals surface area contributed by atoms with E-state index >= 15 is 4.39 Å². The van der Waals surface area contributed by atoms with Gasteiger partial charge in [0.05, 0.1) is 24.8 Å². The van der Waals surface area contributed by atoms with Gasteiger partial charge in [-0.3, -0.25) is 0 Å². The third-order valence-electron chi connectivity index (χ3n) is 6.41. The summed E-state index contributed by atoms with van der Waals surface area (Å²) >= 11 is 0. The van der Waals surface area contributed by atoms with Crippen molar-refractivity contribution in [3.05, 3.63) is 65.4 Å². The van der Waals surface area contributed by atoms with E-state index in [9.17, 15) is 13.2 Å². The molecule has 0 bridgehead atoms. The van der Waals surface area contributed by atoms with Crippen molar-refractivity contribution in [2.45, 2.75) is 38.4 Å². The number of imidazole rings is 1. The molecule has 1 fully saturated rings. The number of halogens is 4. The number of nitrogens with zero attached hydrogens (tertiary/aromatic N) is 7. The minimum atomic E-state index is -4.60. The summed E-state index contributed by atoms with van der Waals surface area (Å²) in [4.78, 5) is 25.2. The molecule has 5 aromatic rings. The maximum absolute atomic E-state index is 15.1. The number of H-pyrrole nitrogens is 1. The molecule has 2 N–H and O–H groups in total. The molecule has 0 atom stereocenters. The van der Waals surface area contributed by atoms with Gasteiger partial charge in [0.25, 0.3) is 0 Å². The van der Waals surface area contributed by atoms with Crippen LogP contribution in [0, 0.1) is 12.7 Å². The summed E-state index contributed by atoms with van der Waals surface area (Å²) < 4.78 is 60.7. The lowest BCUT2D eigenvalue weighted by molar-refractivity contribution is -0.141. The number of hydrogen-bond acceptors (Lipinski definition) is 8. The molecule has 0 unspecified atom stereocenters. The van der Waals surface area contributed by atoms with Gasteiger partial charge in [-0.2, -0.15) is 18.3 Å². The van der Waals surface area contributed by atoms with Crippen LogP contribution in [-0.2, 0) is 12.7 Å². The minimum Gasteiger partial charge on any atom is -0.480 e. The minimum absolute atomic E-state index is 0.0283. The van der Waals surface area contributed by atoms with E-state index in [-0.39, 0.29) is 29.4 Å². The summed E-state index contributed by atoms with van der Waals surface area (Å²) in [5.74, 6) is 0.693. The van der Waals surface area contributed by atoms with Gasteiger partial charge < -0.3 is 15.0 Å². The number of nitrogens with one attached hydrogen (secondary N) is 2. The van der Waals surface area contributed by atoms with E-state index in [1.165, 1.54) is 38.8 Å². The summed E-state index contributed by atoms with van der Waals surface area (Å²) in [6, 6.07) is 5.04. The highest BCUT2D eigenvalue weighted by Gasteiger charge is 2.35. The molecule has 0 spiro atoms. The predicted octanol–water partition coefficient (Wildman–Crippen LogP) is 4.96. The number of aromatic amines is 1. The zero-order chi connectivity index (χ0) is 27.3. The first-order valence-corrected chi connectivity index (χ1v) is 12.0. The Morgan fingerprint density at radius 1 is 1.13 bits per heavy atom. The molecule has 200 valence electrons. The lowest BCUT2D eigenvalue weighted by Gasteiger charge is -2.13. The standard InChI is InChI=1S/C25H21F4N9O/c1-12-7-17(25(27,28)29)37-38(12)15-6-5-14(16(26)8-15)9-30-22-20-23(33-10-32-20)36-21(35-22)18-19(13-3-4-13)31-11-34-24(18)39-2/h5-8,10-11,13H,3-4,9H2,1-2H3,(H2,30,32,33,35,36). The molecule has 1 aliphatic rings. The second-order valence-electron chi connectivity index (χ2n) is 9.12. The zero-order valence-electron chi connectivity index (χ0n) is 20.7. The number of aromatic nitrogens is 8. The van der Waals surface area contributed by atoms with E-state index in [0.29, 0.717) is 34.2 Å². The SMILES string of the molecule is COc1ncnc(C2CC2)c1-c1nc(NCc2ccc(-n3nc(C(F)(F)F)cc3C)cc2F)c2[nH]cnc2n1. The summed E-state index contributed by atoms with van der Waals surface area (Å²) in [6.07, 6.45) is 0.318. The Labute approximate surface area is 218 Å². The Bertz CT molecular complexity index is 1690. The summed E-state index contributed by atoms with van der Waals surface area (Å²) in [6.45, 7) is 1.50. The van der Waals surface area contributed by atoms with Crippen LogP contribution >= 0.6 is 0 Å². The number of aryl methyl sites for hydroxylation is 1. The zero-order valence-corrected chi connectivity index (χ0v) is 20.7. The molecule has 10 nitrogen and oxygen atoms in total. The van der Waals surface area contributed by atoms with Gasteiger partial charge in [-0.25, -0.2) is 34.0 Å². The fourth-order valence-electron chi connectivity index (χ4n) is 4.35. The van der Waals surface area contributed by atoms with Gasteiger partial charge in [-0.05, 0) is 38.0 Å². The Kier molecular flexibility index (Phi) is 5.88. The number of anilines is 1. The van der Waals surface area contributed by atoms with Gasteiger partial charge in [-0.15, -0.1) is 0 Å². The van der Waals surface area contributed by atoms with Crippen molar-refractivity contribution in [3.63, 3.8) is 0 Å². The Hall–Kier alpha value is -4.62. The fraction of sp³-hybridized carbons (Fsp3) is 0.280. The van der Waals surface area contributed by atoms with Crippen LogP contribution in [0.25, 0.3) is 28.2 Å². The smallest absolute Gasteiger partial charge is 0.435 e. The van der Waals surface area contributed by atoms with Gasteiger partial charge in [-0.1, -0.05) is 6.07 Å². The molecule has 4 aromatic heterocycles. The van der Waals surface area contributed by atoms with E-state index in [2.05, 4.69) is 40.3 Å². The quantitative estimate of drug-likeness (QED) is 0.279. The molecule has 1 aliphatic carbocycles. The second-order valence-corrected chi connectivity index (χ2v) is 9.12. The maximum Gasteiger partial charge on any atom is 0.435 e. The number of hydrogen-bond donors (Lipinski definition) is 2. The molecule has 39 heavy (non-hydrogen) atoms. The van der Waals surface area contributed by atoms with E-state index < -0.39 is 17.7 Å².